The number of hydrogen-bond acceptors (Lipinski definition) is 5. The second-order valence-corrected chi connectivity index (χ2v) is 8.02. The molecule has 1 heterocycles. The molecule has 3 aromatic carbocycles. The summed E-state index contributed by atoms with van der Waals surface area (Å²) in [5.74, 6) is -0.0367. The van der Waals surface area contributed by atoms with Gasteiger partial charge in [-0.2, -0.15) is 0 Å². The molecule has 0 saturated heterocycles. The number of carbonyl (C=O) groups is 2. The largest absolute Gasteiger partial charge is 0.494 e. The second-order valence-electron chi connectivity index (χ2n) is 6.93. The van der Waals surface area contributed by atoms with Crippen molar-refractivity contribution < 1.29 is 14.3 Å². The Hall–Kier alpha value is -3.51. The summed E-state index contributed by atoms with van der Waals surface area (Å²) in [4.78, 5) is 29.2. The van der Waals surface area contributed by atoms with Crippen LogP contribution < -0.4 is 15.0 Å². The van der Waals surface area contributed by atoms with E-state index in [0.717, 1.165) is 16.1 Å². The fourth-order valence-corrected chi connectivity index (χ4v) is 4.21. The number of hydrogen-bond donors (Lipinski definition) is 1. The van der Waals surface area contributed by atoms with E-state index in [-0.39, 0.29) is 17.5 Å². The minimum Gasteiger partial charge on any atom is -0.494 e. The van der Waals surface area contributed by atoms with Crippen LogP contribution in [0, 0.1) is 6.92 Å². The standard InChI is InChI=1S/C25H22N2O3S/c1-3-30-19-15-13-18(14-16-19)27-24(28)22(26-21-12-8-7-9-17(21)2)23(25(27)29)31-20-10-5-4-6-11-20/h4-16,26H,3H2,1-2H3. The molecule has 0 aliphatic carbocycles. The molecule has 0 bridgehead atoms. The highest BCUT2D eigenvalue weighted by atomic mass is 32.2. The van der Waals surface area contributed by atoms with E-state index < -0.39 is 0 Å². The van der Waals surface area contributed by atoms with Crippen molar-refractivity contribution in [3.63, 3.8) is 0 Å². The number of benzene rings is 3. The lowest BCUT2D eigenvalue weighted by Gasteiger charge is -2.16. The molecule has 2 amide bonds. The summed E-state index contributed by atoms with van der Waals surface area (Å²) < 4.78 is 5.48. The number of nitrogens with zero attached hydrogens (tertiary/aromatic N) is 1. The van der Waals surface area contributed by atoms with E-state index in [4.69, 9.17) is 4.74 Å². The third-order valence-corrected chi connectivity index (χ3v) is 5.91. The molecule has 0 fully saturated rings. The summed E-state index contributed by atoms with van der Waals surface area (Å²) in [7, 11) is 0. The van der Waals surface area contributed by atoms with Crippen molar-refractivity contribution in [2.24, 2.45) is 0 Å². The quantitative estimate of drug-likeness (QED) is 0.510. The molecule has 0 atom stereocenters. The van der Waals surface area contributed by atoms with Gasteiger partial charge in [0.05, 0.1) is 12.3 Å². The van der Waals surface area contributed by atoms with Gasteiger partial charge in [0.1, 0.15) is 16.4 Å². The number of ether oxygens (including phenoxy) is 1. The molecule has 4 rings (SSSR count). The summed E-state index contributed by atoms with van der Waals surface area (Å²) in [6.07, 6.45) is 0. The van der Waals surface area contributed by atoms with E-state index in [9.17, 15) is 9.59 Å². The SMILES string of the molecule is CCOc1ccc(N2C(=O)C(Nc3ccccc3C)=C(Sc3ccccc3)C2=O)cc1. The van der Waals surface area contributed by atoms with Gasteiger partial charge in [0, 0.05) is 10.6 Å². The van der Waals surface area contributed by atoms with Gasteiger partial charge >= 0.3 is 0 Å². The third-order valence-electron chi connectivity index (χ3n) is 4.82. The molecule has 0 radical (unpaired) electrons. The molecule has 0 spiro atoms. The van der Waals surface area contributed by atoms with Gasteiger partial charge in [0.15, 0.2) is 0 Å². The van der Waals surface area contributed by atoms with Gasteiger partial charge in [0.25, 0.3) is 11.8 Å². The van der Waals surface area contributed by atoms with Gasteiger partial charge in [-0.05, 0) is 61.9 Å². The summed E-state index contributed by atoms with van der Waals surface area (Å²) in [6.45, 7) is 4.41. The maximum atomic E-state index is 13.4. The maximum Gasteiger partial charge on any atom is 0.283 e. The number of carbonyl (C=O) groups excluding carboxylic acids is 2. The predicted molar refractivity (Wildman–Crippen MR) is 124 cm³/mol. The van der Waals surface area contributed by atoms with Crippen molar-refractivity contribution in [2.45, 2.75) is 18.7 Å². The highest BCUT2D eigenvalue weighted by Gasteiger charge is 2.40. The van der Waals surface area contributed by atoms with Crippen LogP contribution in [-0.2, 0) is 9.59 Å². The van der Waals surface area contributed by atoms with Crippen LogP contribution in [0.15, 0.2) is 94.4 Å². The number of amides is 2. The first kappa shape index (κ1) is 20.8. The molecule has 1 N–H and O–H groups in total. The molecule has 6 heteroatoms. The Morgan fingerprint density at radius 2 is 1.55 bits per heavy atom. The van der Waals surface area contributed by atoms with Crippen molar-refractivity contribution >= 4 is 35.0 Å². The zero-order valence-corrected chi connectivity index (χ0v) is 18.1. The van der Waals surface area contributed by atoms with Gasteiger partial charge in [-0.3, -0.25) is 9.59 Å². The van der Waals surface area contributed by atoms with Crippen LogP contribution in [-0.4, -0.2) is 18.4 Å². The average molecular weight is 431 g/mol. The lowest BCUT2D eigenvalue weighted by molar-refractivity contribution is -0.120. The fraction of sp³-hybridized carbons (Fsp3) is 0.120. The van der Waals surface area contributed by atoms with Gasteiger partial charge in [-0.1, -0.05) is 48.2 Å². The van der Waals surface area contributed by atoms with Gasteiger partial charge < -0.3 is 10.1 Å². The van der Waals surface area contributed by atoms with Crippen LogP contribution in [0.2, 0.25) is 0 Å². The smallest absolute Gasteiger partial charge is 0.283 e. The molecular formula is C25H22N2O3S. The number of anilines is 2. The van der Waals surface area contributed by atoms with Crippen molar-refractivity contribution in [1.29, 1.82) is 0 Å². The lowest BCUT2D eigenvalue weighted by Crippen LogP contribution is -2.32. The normalized spacial score (nSPS) is 13.7. The van der Waals surface area contributed by atoms with Crippen molar-refractivity contribution in [3.8, 4) is 5.75 Å². The highest BCUT2D eigenvalue weighted by Crippen LogP contribution is 2.38. The molecule has 156 valence electrons. The fourth-order valence-electron chi connectivity index (χ4n) is 3.26. The Bertz CT molecular complexity index is 1140. The monoisotopic (exact) mass is 430 g/mol. The predicted octanol–water partition coefficient (Wildman–Crippen LogP) is 5.38. The van der Waals surface area contributed by atoms with E-state index in [1.165, 1.54) is 16.7 Å². The van der Waals surface area contributed by atoms with Crippen LogP contribution in [0.5, 0.6) is 5.75 Å². The molecular weight excluding hydrogens is 408 g/mol. The summed E-state index contributed by atoms with van der Waals surface area (Å²) in [6, 6.07) is 24.2. The molecule has 0 aromatic heterocycles. The number of rotatable bonds is 7. The first-order chi connectivity index (χ1) is 15.1. The first-order valence-electron chi connectivity index (χ1n) is 10.00. The van der Waals surface area contributed by atoms with Gasteiger partial charge in [-0.15, -0.1) is 0 Å². The van der Waals surface area contributed by atoms with Crippen molar-refractivity contribution in [1.82, 2.24) is 0 Å². The van der Waals surface area contributed by atoms with Gasteiger partial charge in [-0.25, -0.2) is 4.90 Å². The summed E-state index contributed by atoms with van der Waals surface area (Å²) in [5.41, 5.74) is 2.56. The molecule has 5 nitrogen and oxygen atoms in total. The molecule has 1 aliphatic rings. The van der Waals surface area contributed by atoms with E-state index in [1.807, 2.05) is 68.4 Å². The maximum absolute atomic E-state index is 13.4. The van der Waals surface area contributed by atoms with Gasteiger partial charge in [0.2, 0.25) is 0 Å². The zero-order valence-electron chi connectivity index (χ0n) is 17.3. The van der Waals surface area contributed by atoms with Crippen LogP contribution in [0.4, 0.5) is 11.4 Å². The summed E-state index contributed by atoms with van der Waals surface area (Å²) >= 11 is 1.29. The Morgan fingerprint density at radius 3 is 2.23 bits per heavy atom. The van der Waals surface area contributed by atoms with E-state index in [0.29, 0.717) is 22.9 Å². The zero-order chi connectivity index (χ0) is 21.8. The Balaban J connectivity index is 1.71. The molecule has 0 unspecified atom stereocenters. The number of aryl methyl sites for hydroxylation is 1. The van der Waals surface area contributed by atoms with E-state index in [2.05, 4.69) is 5.32 Å². The third kappa shape index (κ3) is 4.34. The summed E-state index contributed by atoms with van der Waals surface area (Å²) in [5, 5.41) is 3.21. The topological polar surface area (TPSA) is 58.6 Å². The Kier molecular flexibility index (Phi) is 6.09. The highest BCUT2D eigenvalue weighted by molar-refractivity contribution is 8.04. The van der Waals surface area contributed by atoms with Crippen LogP contribution in [0.3, 0.4) is 0 Å². The number of imide groups is 1. The van der Waals surface area contributed by atoms with Crippen LogP contribution >= 0.6 is 11.8 Å². The number of para-hydroxylation sites is 1. The average Bonchev–Trinajstić information content (AvgIpc) is 3.01. The van der Waals surface area contributed by atoms with Crippen LogP contribution in [0.25, 0.3) is 0 Å². The number of nitrogens with one attached hydrogen (secondary N) is 1. The molecule has 1 aliphatic heterocycles. The first-order valence-corrected chi connectivity index (χ1v) is 10.8. The molecule has 31 heavy (non-hydrogen) atoms. The lowest BCUT2D eigenvalue weighted by atomic mass is 10.2. The minimum atomic E-state index is -0.379. The van der Waals surface area contributed by atoms with Crippen LogP contribution in [0.1, 0.15) is 12.5 Å². The number of thioether (sulfide) groups is 1. The van der Waals surface area contributed by atoms with Crippen molar-refractivity contribution in [2.75, 3.05) is 16.8 Å². The minimum absolute atomic E-state index is 0.280. The second kappa shape index (κ2) is 9.10. The van der Waals surface area contributed by atoms with E-state index in [1.54, 1.807) is 24.3 Å². The molecule has 3 aromatic rings. The van der Waals surface area contributed by atoms with Crippen molar-refractivity contribution in [3.05, 3.63) is 95.0 Å². The Labute approximate surface area is 185 Å². The molecule has 0 saturated carbocycles. The van der Waals surface area contributed by atoms with E-state index >= 15 is 0 Å². The Morgan fingerprint density at radius 1 is 0.871 bits per heavy atom.